The number of nitrogens with zero attached hydrogens (tertiary/aromatic N) is 2. The van der Waals surface area contributed by atoms with Gasteiger partial charge in [-0.25, -0.2) is 0 Å². The Labute approximate surface area is 197 Å². The van der Waals surface area contributed by atoms with Crippen LogP contribution in [0, 0.1) is 25.2 Å². The maximum absolute atomic E-state index is 13.5. The quantitative estimate of drug-likeness (QED) is 0.416. The first-order valence-electron chi connectivity index (χ1n) is 10.6. The fourth-order valence-electron chi connectivity index (χ4n) is 3.57. The van der Waals surface area contributed by atoms with Crippen molar-refractivity contribution in [2.24, 2.45) is 0 Å². The van der Waals surface area contributed by atoms with Gasteiger partial charge in [-0.05, 0) is 50.1 Å². The number of hydrogen-bond donors (Lipinski definition) is 1. The van der Waals surface area contributed by atoms with Gasteiger partial charge in [0.05, 0.1) is 5.25 Å². The lowest BCUT2D eigenvalue weighted by atomic mass is 10.1. The number of nitrogens with one attached hydrogen (secondary N) is 1. The Hall–Kier alpha value is -3.82. The van der Waals surface area contributed by atoms with E-state index in [-0.39, 0.29) is 11.5 Å². The zero-order chi connectivity index (χ0) is 23.4. The van der Waals surface area contributed by atoms with Gasteiger partial charge in [0.1, 0.15) is 16.7 Å². The lowest BCUT2D eigenvalue weighted by Crippen LogP contribution is -2.30. The van der Waals surface area contributed by atoms with E-state index in [2.05, 4.69) is 5.32 Å². The molecule has 3 aromatic rings. The number of hydrogen-bond acceptors (Lipinski definition) is 4. The third-order valence-electron chi connectivity index (χ3n) is 5.37. The molecular formula is C27H23N3O2S. The molecule has 6 heteroatoms. The lowest BCUT2D eigenvalue weighted by molar-refractivity contribution is -0.117. The molecule has 164 valence electrons. The van der Waals surface area contributed by atoms with Crippen LogP contribution < -0.4 is 10.2 Å². The zero-order valence-electron chi connectivity index (χ0n) is 18.4. The Morgan fingerprint density at radius 2 is 1.58 bits per heavy atom. The summed E-state index contributed by atoms with van der Waals surface area (Å²) in [4.78, 5) is 28.1. The van der Waals surface area contributed by atoms with Crippen LogP contribution in [0.3, 0.4) is 0 Å². The smallest absolute Gasteiger partial charge is 0.269 e. The molecule has 1 N–H and O–H groups in total. The van der Waals surface area contributed by atoms with Gasteiger partial charge in [-0.3, -0.25) is 14.5 Å². The van der Waals surface area contributed by atoms with Crippen molar-refractivity contribution in [1.82, 2.24) is 0 Å². The van der Waals surface area contributed by atoms with Crippen LogP contribution in [0.4, 0.5) is 11.4 Å². The van der Waals surface area contributed by atoms with Crippen LogP contribution in [0.5, 0.6) is 0 Å². The minimum atomic E-state index is -0.533. The van der Waals surface area contributed by atoms with Crippen molar-refractivity contribution in [2.45, 2.75) is 25.5 Å². The second kappa shape index (κ2) is 9.76. The number of aryl methyl sites for hydroxylation is 2. The molecule has 0 saturated carbocycles. The topological polar surface area (TPSA) is 73.2 Å². The van der Waals surface area contributed by atoms with E-state index in [1.54, 1.807) is 12.1 Å². The standard InChI is InChI=1S/C27H23N3O2S/c1-18-8-12-21(13-9-18)29-25(31)23(17-28)27-30(22-14-10-19(2)11-15-22)26(32)24(33-27)16-20-6-4-3-5-7-20/h3-15,24H,16H2,1-2H3,(H,29,31). The highest BCUT2D eigenvalue weighted by molar-refractivity contribution is 8.05. The highest BCUT2D eigenvalue weighted by atomic mass is 32.2. The first-order chi connectivity index (χ1) is 16.0. The van der Waals surface area contributed by atoms with E-state index in [4.69, 9.17) is 0 Å². The molecule has 3 aromatic carbocycles. The molecule has 0 spiro atoms. The Kier molecular flexibility index (Phi) is 6.62. The van der Waals surface area contributed by atoms with Gasteiger partial charge in [-0.1, -0.05) is 77.5 Å². The van der Waals surface area contributed by atoms with Crippen LogP contribution in [0.1, 0.15) is 16.7 Å². The van der Waals surface area contributed by atoms with Crippen LogP contribution in [-0.2, 0) is 16.0 Å². The molecule has 2 amide bonds. The van der Waals surface area contributed by atoms with Crippen molar-refractivity contribution in [2.75, 3.05) is 10.2 Å². The summed E-state index contributed by atoms with van der Waals surface area (Å²) < 4.78 is 0. The molecule has 1 aliphatic heterocycles. The van der Waals surface area contributed by atoms with Crippen molar-refractivity contribution in [3.05, 3.63) is 106 Å². The van der Waals surface area contributed by atoms with Crippen LogP contribution in [0.15, 0.2) is 89.5 Å². The minimum Gasteiger partial charge on any atom is -0.321 e. The summed E-state index contributed by atoms with van der Waals surface area (Å²) in [5.41, 5.74) is 4.30. The predicted octanol–water partition coefficient (Wildman–Crippen LogP) is 5.37. The van der Waals surface area contributed by atoms with Crippen molar-refractivity contribution >= 4 is 35.0 Å². The number of rotatable bonds is 5. The number of anilines is 2. The molecule has 1 aliphatic rings. The molecule has 1 saturated heterocycles. The number of nitriles is 1. The third-order valence-corrected chi connectivity index (χ3v) is 6.63. The second-order valence-electron chi connectivity index (χ2n) is 7.92. The molecule has 0 radical (unpaired) electrons. The lowest BCUT2D eigenvalue weighted by Gasteiger charge is -2.19. The summed E-state index contributed by atoms with van der Waals surface area (Å²) in [5.74, 6) is -0.673. The first kappa shape index (κ1) is 22.4. The number of carbonyl (C=O) groups is 2. The highest BCUT2D eigenvalue weighted by Gasteiger charge is 2.40. The molecule has 0 aromatic heterocycles. The summed E-state index contributed by atoms with van der Waals surface area (Å²) in [7, 11) is 0. The number of benzene rings is 3. The molecule has 1 atom stereocenters. The summed E-state index contributed by atoms with van der Waals surface area (Å²) >= 11 is 1.27. The van der Waals surface area contributed by atoms with E-state index < -0.39 is 11.2 Å². The average molecular weight is 454 g/mol. The van der Waals surface area contributed by atoms with E-state index in [0.29, 0.717) is 22.8 Å². The Morgan fingerprint density at radius 1 is 0.970 bits per heavy atom. The van der Waals surface area contributed by atoms with Crippen molar-refractivity contribution < 1.29 is 9.59 Å². The number of carbonyl (C=O) groups excluding carboxylic acids is 2. The van der Waals surface area contributed by atoms with E-state index >= 15 is 0 Å². The van der Waals surface area contributed by atoms with Gasteiger partial charge in [0.2, 0.25) is 5.91 Å². The second-order valence-corrected chi connectivity index (χ2v) is 9.11. The van der Waals surface area contributed by atoms with E-state index in [1.165, 1.54) is 16.7 Å². The normalized spacial score (nSPS) is 16.9. The van der Waals surface area contributed by atoms with Crippen LogP contribution in [-0.4, -0.2) is 17.1 Å². The predicted molar refractivity (Wildman–Crippen MR) is 133 cm³/mol. The molecule has 33 heavy (non-hydrogen) atoms. The Balaban J connectivity index is 1.72. The first-order valence-corrected chi connectivity index (χ1v) is 11.5. The monoisotopic (exact) mass is 453 g/mol. The van der Waals surface area contributed by atoms with Crippen LogP contribution in [0.2, 0.25) is 0 Å². The van der Waals surface area contributed by atoms with Gasteiger partial charge < -0.3 is 5.32 Å². The molecule has 0 aliphatic carbocycles. The maximum Gasteiger partial charge on any atom is 0.269 e. The van der Waals surface area contributed by atoms with Crippen LogP contribution >= 0.6 is 11.8 Å². The minimum absolute atomic E-state index is 0.0786. The van der Waals surface area contributed by atoms with E-state index in [1.807, 2.05) is 86.6 Å². The van der Waals surface area contributed by atoms with Gasteiger partial charge >= 0.3 is 0 Å². The largest absolute Gasteiger partial charge is 0.321 e. The van der Waals surface area contributed by atoms with Crippen molar-refractivity contribution in [3.63, 3.8) is 0 Å². The summed E-state index contributed by atoms with van der Waals surface area (Å²) in [6.07, 6.45) is 0.508. The third kappa shape index (κ3) is 5.00. The fourth-order valence-corrected chi connectivity index (χ4v) is 4.88. The highest BCUT2D eigenvalue weighted by Crippen LogP contribution is 2.42. The summed E-state index contributed by atoms with van der Waals surface area (Å²) in [6.45, 7) is 3.93. The zero-order valence-corrected chi connectivity index (χ0v) is 19.2. The molecular weight excluding hydrogens is 430 g/mol. The van der Waals surface area contributed by atoms with Gasteiger partial charge in [-0.15, -0.1) is 0 Å². The van der Waals surface area contributed by atoms with Crippen LogP contribution in [0.25, 0.3) is 0 Å². The van der Waals surface area contributed by atoms with E-state index in [9.17, 15) is 14.9 Å². The van der Waals surface area contributed by atoms with Gasteiger partial charge in [0, 0.05) is 11.4 Å². The molecule has 0 bridgehead atoms. The van der Waals surface area contributed by atoms with Gasteiger partial charge in [-0.2, -0.15) is 5.26 Å². The Morgan fingerprint density at radius 3 is 2.18 bits per heavy atom. The van der Waals surface area contributed by atoms with Gasteiger partial charge in [0.25, 0.3) is 5.91 Å². The average Bonchev–Trinajstić information content (AvgIpc) is 3.12. The SMILES string of the molecule is Cc1ccc(NC(=O)C(C#N)=C2SC(Cc3ccccc3)C(=O)N2c2ccc(C)cc2)cc1. The molecule has 4 rings (SSSR count). The molecule has 5 nitrogen and oxygen atoms in total. The van der Waals surface area contributed by atoms with Gasteiger partial charge in [0.15, 0.2) is 0 Å². The number of amides is 2. The summed E-state index contributed by atoms with van der Waals surface area (Å²) in [5, 5.41) is 12.6. The summed E-state index contributed by atoms with van der Waals surface area (Å²) in [6, 6.07) is 26.6. The maximum atomic E-state index is 13.5. The van der Waals surface area contributed by atoms with Crippen molar-refractivity contribution in [3.8, 4) is 6.07 Å². The Bertz CT molecular complexity index is 1240. The fraction of sp³-hybridized carbons (Fsp3) is 0.148. The van der Waals surface area contributed by atoms with E-state index in [0.717, 1.165) is 16.7 Å². The van der Waals surface area contributed by atoms with Crippen molar-refractivity contribution in [1.29, 1.82) is 5.26 Å². The molecule has 1 unspecified atom stereocenters. The molecule has 1 heterocycles. The molecule has 1 fully saturated rings. The number of thioether (sulfide) groups is 1.